The van der Waals surface area contributed by atoms with Crippen molar-refractivity contribution < 1.29 is 64.8 Å². The average molecular weight is 491 g/mol. The SMILES string of the molecule is CCN(CC)C(=S)S.O=C(O)C(O)C(O)C(=O)O.O=C(O)CC(O)(CC(=O)O)C(=O)O. The fourth-order valence-corrected chi connectivity index (χ4v) is 2.02. The van der Waals surface area contributed by atoms with Crippen molar-refractivity contribution in [3.8, 4) is 0 Å². The van der Waals surface area contributed by atoms with Crippen LogP contribution in [0.3, 0.4) is 0 Å². The van der Waals surface area contributed by atoms with Gasteiger partial charge in [0.05, 0.1) is 12.8 Å². The zero-order valence-electron chi connectivity index (χ0n) is 16.4. The summed E-state index contributed by atoms with van der Waals surface area (Å²) in [5.41, 5.74) is -2.74. The number of thiol groups is 1. The van der Waals surface area contributed by atoms with Crippen molar-refractivity contribution in [2.75, 3.05) is 13.1 Å². The second-order valence-electron chi connectivity index (χ2n) is 5.50. The molecule has 0 saturated carbocycles. The van der Waals surface area contributed by atoms with Crippen LogP contribution in [0.1, 0.15) is 26.7 Å². The van der Waals surface area contributed by atoms with Crippen LogP contribution in [0.2, 0.25) is 0 Å². The molecular weight excluding hydrogens is 466 g/mol. The largest absolute Gasteiger partial charge is 0.481 e. The second-order valence-corrected chi connectivity index (χ2v) is 6.61. The Balaban J connectivity index is -0.000000392. The van der Waals surface area contributed by atoms with E-state index in [2.05, 4.69) is 26.5 Å². The van der Waals surface area contributed by atoms with Crippen molar-refractivity contribution in [2.24, 2.45) is 0 Å². The fraction of sp³-hybridized carbons (Fsp3) is 0.600. The van der Waals surface area contributed by atoms with E-state index in [0.29, 0.717) is 4.32 Å². The van der Waals surface area contributed by atoms with Crippen LogP contribution < -0.4 is 0 Å². The maximum atomic E-state index is 10.3. The highest BCUT2D eigenvalue weighted by Gasteiger charge is 2.40. The molecule has 0 amide bonds. The van der Waals surface area contributed by atoms with Gasteiger partial charge in [0.1, 0.15) is 4.32 Å². The molecule has 0 heterocycles. The molecule has 0 fully saturated rings. The Labute approximate surface area is 186 Å². The van der Waals surface area contributed by atoms with Gasteiger partial charge in [0.25, 0.3) is 0 Å². The fourth-order valence-electron chi connectivity index (χ4n) is 1.48. The maximum Gasteiger partial charge on any atom is 0.336 e. The summed E-state index contributed by atoms with van der Waals surface area (Å²) >= 11 is 8.82. The van der Waals surface area contributed by atoms with Crippen LogP contribution in [0.15, 0.2) is 0 Å². The normalized spacial score (nSPS) is 11.9. The van der Waals surface area contributed by atoms with Gasteiger partial charge in [-0.2, -0.15) is 0 Å². The van der Waals surface area contributed by atoms with Gasteiger partial charge in [0, 0.05) is 13.1 Å². The summed E-state index contributed by atoms with van der Waals surface area (Å²) in [5, 5.41) is 66.3. The number of nitrogens with zero attached hydrogens (tertiary/aromatic N) is 1. The van der Waals surface area contributed by atoms with Crippen molar-refractivity contribution in [1.29, 1.82) is 0 Å². The van der Waals surface area contributed by atoms with Crippen LogP contribution in [0.4, 0.5) is 0 Å². The molecule has 2 unspecified atom stereocenters. The molecule has 2 atom stereocenters. The number of aliphatic carboxylic acids is 5. The predicted molar refractivity (Wildman–Crippen MR) is 109 cm³/mol. The molecule has 0 spiro atoms. The molecule has 0 aliphatic carbocycles. The number of carbonyl (C=O) groups is 5. The highest BCUT2D eigenvalue weighted by molar-refractivity contribution is 8.10. The third-order valence-corrected chi connectivity index (χ3v) is 3.67. The van der Waals surface area contributed by atoms with E-state index in [0.717, 1.165) is 13.1 Å². The lowest BCUT2D eigenvalue weighted by atomic mass is 9.96. The first-order valence-corrected chi connectivity index (χ1v) is 9.01. The molecule has 0 aromatic rings. The van der Waals surface area contributed by atoms with E-state index >= 15 is 0 Å². The van der Waals surface area contributed by atoms with Crippen molar-refractivity contribution in [3.05, 3.63) is 0 Å². The second kappa shape index (κ2) is 16.2. The van der Waals surface area contributed by atoms with Gasteiger partial charge in [-0.1, -0.05) is 12.2 Å². The topological polar surface area (TPSA) is 250 Å². The number of hydrogen-bond acceptors (Lipinski definition) is 9. The van der Waals surface area contributed by atoms with Crippen LogP contribution in [-0.4, -0.2) is 111 Å². The molecule has 0 aromatic carbocycles. The van der Waals surface area contributed by atoms with E-state index in [9.17, 15) is 24.0 Å². The standard InChI is InChI=1S/C6H8O7.C5H11NS2.C4H6O6/c7-3(8)1-6(13,5(11)12)2-4(9)10;1-3-6(4-2)5(7)8;5-1(3(7)8)2(6)4(9)10/h13H,1-2H2,(H,7,8)(H,9,10)(H,11,12);3-4H2,1-2H3,(H,7,8);1-2,5-6H,(H,7,8)(H,9,10). The summed E-state index contributed by atoms with van der Waals surface area (Å²) in [6.07, 6.45) is -6.82. The maximum absolute atomic E-state index is 10.3. The number of aliphatic hydroxyl groups excluding tert-OH is 2. The summed E-state index contributed by atoms with van der Waals surface area (Å²) in [6, 6.07) is 0. The Hall–Kier alpha value is -2.53. The predicted octanol–water partition coefficient (Wildman–Crippen LogP) is -1.83. The van der Waals surface area contributed by atoms with Crippen LogP contribution in [0.25, 0.3) is 0 Å². The van der Waals surface area contributed by atoms with E-state index in [1.54, 1.807) is 0 Å². The van der Waals surface area contributed by atoms with Gasteiger partial charge in [-0.15, -0.1) is 12.6 Å². The third-order valence-electron chi connectivity index (χ3n) is 3.12. The van der Waals surface area contributed by atoms with E-state index < -0.39 is 60.5 Å². The minimum Gasteiger partial charge on any atom is -0.481 e. The summed E-state index contributed by atoms with van der Waals surface area (Å²) in [5.74, 6) is -8.56. The molecule has 0 bridgehead atoms. The Morgan fingerprint density at radius 1 is 0.839 bits per heavy atom. The lowest BCUT2D eigenvalue weighted by Crippen LogP contribution is -2.42. The molecule has 0 saturated heterocycles. The summed E-state index contributed by atoms with van der Waals surface area (Å²) in [6.45, 7) is 6.04. The van der Waals surface area contributed by atoms with E-state index in [1.165, 1.54) is 0 Å². The Bertz CT molecular complexity index is 617. The highest BCUT2D eigenvalue weighted by atomic mass is 32.1. The van der Waals surface area contributed by atoms with Crippen molar-refractivity contribution in [3.63, 3.8) is 0 Å². The minimum absolute atomic E-state index is 0.690. The number of carboxylic acids is 5. The van der Waals surface area contributed by atoms with Crippen molar-refractivity contribution in [2.45, 2.75) is 44.5 Å². The Morgan fingerprint density at radius 3 is 1.23 bits per heavy atom. The zero-order valence-corrected chi connectivity index (χ0v) is 18.1. The molecule has 180 valence electrons. The third kappa shape index (κ3) is 15.9. The van der Waals surface area contributed by atoms with Crippen LogP contribution in [-0.2, 0) is 24.0 Å². The quantitative estimate of drug-likeness (QED) is 0.120. The first kappa shape index (κ1) is 33.1. The molecule has 14 nitrogen and oxygen atoms in total. The van der Waals surface area contributed by atoms with Gasteiger partial charge < -0.3 is 45.8 Å². The van der Waals surface area contributed by atoms with Gasteiger partial charge in [-0.3, -0.25) is 9.59 Å². The first-order chi connectivity index (χ1) is 14.0. The van der Waals surface area contributed by atoms with Crippen LogP contribution in [0.5, 0.6) is 0 Å². The van der Waals surface area contributed by atoms with Gasteiger partial charge in [-0.25, -0.2) is 14.4 Å². The lowest BCUT2D eigenvalue weighted by Gasteiger charge is -2.18. The molecule has 0 aliphatic heterocycles. The molecule has 31 heavy (non-hydrogen) atoms. The molecule has 16 heteroatoms. The Morgan fingerprint density at radius 2 is 1.13 bits per heavy atom. The molecular formula is C15H25NO13S2. The smallest absolute Gasteiger partial charge is 0.336 e. The van der Waals surface area contributed by atoms with Gasteiger partial charge in [-0.05, 0) is 13.8 Å². The summed E-state index contributed by atoms with van der Waals surface area (Å²) in [7, 11) is 0. The van der Waals surface area contributed by atoms with Crippen LogP contribution >= 0.6 is 24.8 Å². The number of thiocarbonyl (C=S) groups is 1. The van der Waals surface area contributed by atoms with Gasteiger partial charge in [0.2, 0.25) is 0 Å². The number of rotatable bonds is 10. The van der Waals surface area contributed by atoms with Gasteiger partial charge >= 0.3 is 29.8 Å². The zero-order chi connectivity index (χ0) is 25.5. The molecule has 0 aliphatic rings. The first-order valence-electron chi connectivity index (χ1n) is 8.15. The highest BCUT2D eigenvalue weighted by Crippen LogP contribution is 2.15. The molecule has 0 aromatic heterocycles. The molecule has 8 N–H and O–H groups in total. The van der Waals surface area contributed by atoms with Crippen LogP contribution in [0, 0.1) is 0 Å². The average Bonchev–Trinajstić information content (AvgIpc) is 2.60. The monoisotopic (exact) mass is 491 g/mol. The Kier molecular flexibility index (Phi) is 17.3. The van der Waals surface area contributed by atoms with E-state index in [-0.39, 0.29) is 0 Å². The number of hydrogen-bond donors (Lipinski definition) is 9. The molecule has 0 radical (unpaired) electrons. The van der Waals surface area contributed by atoms with E-state index in [1.807, 2.05) is 4.90 Å². The molecule has 0 rings (SSSR count). The summed E-state index contributed by atoms with van der Waals surface area (Å²) in [4.78, 5) is 52.0. The summed E-state index contributed by atoms with van der Waals surface area (Å²) < 4.78 is 0.690. The number of aliphatic hydroxyl groups is 3. The number of carboxylic acid groups (broad SMARTS) is 5. The van der Waals surface area contributed by atoms with Crippen molar-refractivity contribution >= 4 is 59.0 Å². The van der Waals surface area contributed by atoms with Gasteiger partial charge in [0.15, 0.2) is 17.8 Å². The lowest BCUT2D eigenvalue weighted by molar-refractivity contribution is -0.170. The minimum atomic E-state index is -2.74. The van der Waals surface area contributed by atoms with E-state index in [4.69, 9.17) is 53.1 Å². The van der Waals surface area contributed by atoms with Crippen molar-refractivity contribution in [1.82, 2.24) is 4.90 Å².